The minimum atomic E-state index is -3.79. The van der Waals surface area contributed by atoms with Crippen molar-refractivity contribution in [1.29, 1.82) is 0 Å². The average molecular weight is 477 g/mol. The molecule has 2 fully saturated rings. The fraction of sp³-hybridized carbons (Fsp3) is 0.409. The minimum absolute atomic E-state index is 0.0220. The van der Waals surface area contributed by atoms with Crippen LogP contribution in [-0.4, -0.2) is 67.7 Å². The number of benzene rings is 2. The van der Waals surface area contributed by atoms with Gasteiger partial charge in [-0.25, -0.2) is 12.8 Å². The molecule has 2 aliphatic rings. The predicted molar refractivity (Wildman–Crippen MR) is 120 cm³/mol. The summed E-state index contributed by atoms with van der Waals surface area (Å²) in [4.78, 5) is 27.4. The van der Waals surface area contributed by atoms with Crippen molar-refractivity contribution >= 4 is 27.3 Å². The van der Waals surface area contributed by atoms with Crippen molar-refractivity contribution in [2.24, 2.45) is 5.92 Å². The maximum absolute atomic E-state index is 13.2. The summed E-state index contributed by atoms with van der Waals surface area (Å²) < 4.78 is 40.4. The largest absolute Gasteiger partial charge is 0.368 e. The Bertz CT molecular complexity index is 1120. The Morgan fingerprint density at radius 3 is 2.21 bits per heavy atom. The summed E-state index contributed by atoms with van der Waals surface area (Å²) in [7, 11) is -3.79. The number of hydrogen-bond donors (Lipinski definition) is 0. The second-order valence-electron chi connectivity index (χ2n) is 8.24. The van der Waals surface area contributed by atoms with Crippen LogP contribution in [0.15, 0.2) is 53.4 Å². The maximum Gasteiger partial charge on any atom is 0.269 e. The number of rotatable bonds is 5. The molecular formula is C22H25FN4O5S. The van der Waals surface area contributed by atoms with E-state index in [1.54, 1.807) is 17.0 Å². The molecule has 1 atom stereocenters. The van der Waals surface area contributed by atoms with Gasteiger partial charge in [0.05, 0.1) is 15.7 Å². The van der Waals surface area contributed by atoms with Gasteiger partial charge in [0.25, 0.3) is 5.69 Å². The third-order valence-electron chi connectivity index (χ3n) is 6.20. The molecule has 2 aromatic rings. The molecule has 0 radical (unpaired) electrons. The van der Waals surface area contributed by atoms with E-state index in [1.807, 2.05) is 0 Å². The van der Waals surface area contributed by atoms with Crippen LogP contribution in [0.2, 0.25) is 0 Å². The van der Waals surface area contributed by atoms with E-state index in [2.05, 4.69) is 4.90 Å². The van der Waals surface area contributed by atoms with Gasteiger partial charge in [-0.15, -0.1) is 0 Å². The van der Waals surface area contributed by atoms with Gasteiger partial charge in [0.1, 0.15) is 5.82 Å². The Kier molecular flexibility index (Phi) is 6.61. The third kappa shape index (κ3) is 4.98. The van der Waals surface area contributed by atoms with Crippen molar-refractivity contribution in [1.82, 2.24) is 9.21 Å². The Morgan fingerprint density at radius 1 is 0.970 bits per heavy atom. The van der Waals surface area contributed by atoms with Crippen LogP contribution < -0.4 is 4.90 Å². The molecule has 11 heteroatoms. The molecule has 1 unspecified atom stereocenters. The number of sulfonamides is 1. The molecule has 2 aliphatic heterocycles. The van der Waals surface area contributed by atoms with E-state index < -0.39 is 26.7 Å². The van der Waals surface area contributed by atoms with Crippen molar-refractivity contribution in [3.05, 3.63) is 64.5 Å². The normalized spacial score (nSPS) is 20.0. The van der Waals surface area contributed by atoms with Gasteiger partial charge in [0, 0.05) is 57.1 Å². The first-order valence-electron chi connectivity index (χ1n) is 10.8. The number of piperidine rings is 1. The van der Waals surface area contributed by atoms with Crippen LogP contribution in [-0.2, 0) is 14.8 Å². The second kappa shape index (κ2) is 9.44. The van der Waals surface area contributed by atoms with Gasteiger partial charge in [0.2, 0.25) is 15.9 Å². The van der Waals surface area contributed by atoms with Crippen molar-refractivity contribution in [3.63, 3.8) is 0 Å². The van der Waals surface area contributed by atoms with Crippen molar-refractivity contribution < 1.29 is 22.5 Å². The molecule has 9 nitrogen and oxygen atoms in total. The lowest BCUT2D eigenvalue weighted by atomic mass is 9.97. The first-order valence-corrected chi connectivity index (χ1v) is 12.2. The number of nitro benzene ring substituents is 1. The molecule has 0 saturated carbocycles. The number of hydrogen-bond acceptors (Lipinski definition) is 6. The molecule has 1 amide bonds. The van der Waals surface area contributed by atoms with E-state index in [-0.39, 0.29) is 23.0 Å². The Labute approximate surface area is 191 Å². The molecule has 33 heavy (non-hydrogen) atoms. The standard InChI is InChI=1S/C22H25FN4O5S/c23-18-3-9-21(10-4-18)33(31,32)26-11-1-2-17(16-26)22(28)25-14-12-24(13-15-25)19-5-7-20(8-6-19)27(29)30/h3-10,17H,1-2,11-16H2. The smallest absolute Gasteiger partial charge is 0.269 e. The minimum Gasteiger partial charge on any atom is -0.368 e. The van der Waals surface area contributed by atoms with Crippen molar-refractivity contribution in [3.8, 4) is 0 Å². The highest BCUT2D eigenvalue weighted by molar-refractivity contribution is 7.89. The molecule has 4 rings (SSSR count). The first-order chi connectivity index (χ1) is 15.8. The van der Waals surface area contributed by atoms with Gasteiger partial charge in [-0.2, -0.15) is 4.31 Å². The summed E-state index contributed by atoms with van der Waals surface area (Å²) in [6.07, 6.45) is 1.20. The van der Waals surface area contributed by atoms with E-state index >= 15 is 0 Å². The molecule has 0 aromatic heterocycles. The number of nitro groups is 1. The molecule has 0 aliphatic carbocycles. The number of piperazine rings is 1. The fourth-order valence-corrected chi connectivity index (χ4v) is 5.87. The van der Waals surface area contributed by atoms with Gasteiger partial charge in [-0.1, -0.05) is 0 Å². The number of nitrogens with zero attached hydrogens (tertiary/aromatic N) is 4. The molecule has 0 bridgehead atoms. The number of carbonyl (C=O) groups is 1. The lowest BCUT2D eigenvalue weighted by molar-refractivity contribution is -0.384. The van der Waals surface area contributed by atoms with Crippen molar-refractivity contribution in [2.75, 3.05) is 44.2 Å². The van der Waals surface area contributed by atoms with E-state index in [0.29, 0.717) is 45.6 Å². The summed E-state index contributed by atoms with van der Waals surface area (Å²) in [5.41, 5.74) is 0.895. The van der Waals surface area contributed by atoms with Gasteiger partial charge >= 0.3 is 0 Å². The first kappa shape index (κ1) is 23.1. The summed E-state index contributed by atoms with van der Waals surface area (Å²) in [5, 5.41) is 10.8. The zero-order valence-corrected chi connectivity index (χ0v) is 18.8. The Balaban J connectivity index is 1.36. The van der Waals surface area contributed by atoms with Crippen LogP contribution in [0, 0.1) is 21.8 Å². The van der Waals surface area contributed by atoms with Gasteiger partial charge in [0.15, 0.2) is 0 Å². The molecule has 176 valence electrons. The number of halogens is 1. The molecule has 2 heterocycles. The highest BCUT2D eigenvalue weighted by atomic mass is 32.2. The lowest BCUT2D eigenvalue weighted by Gasteiger charge is -2.39. The van der Waals surface area contributed by atoms with Gasteiger partial charge in [-0.3, -0.25) is 14.9 Å². The topological polar surface area (TPSA) is 104 Å². The molecule has 0 N–H and O–H groups in total. The highest BCUT2D eigenvalue weighted by Gasteiger charge is 2.36. The number of amides is 1. The van der Waals surface area contributed by atoms with Crippen LogP contribution in [0.1, 0.15) is 12.8 Å². The van der Waals surface area contributed by atoms with Crippen LogP contribution in [0.4, 0.5) is 15.8 Å². The van der Waals surface area contributed by atoms with Crippen molar-refractivity contribution in [2.45, 2.75) is 17.7 Å². The third-order valence-corrected chi connectivity index (χ3v) is 8.08. The predicted octanol–water partition coefficient (Wildman–Crippen LogP) is 2.48. The zero-order chi connectivity index (χ0) is 23.6. The fourth-order valence-electron chi connectivity index (χ4n) is 4.35. The number of anilines is 1. The van der Waals surface area contributed by atoms with Crippen LogP contribution in [0.5, 0.6) is 0 Å². The quantitative estimate of drug-likeness (QED) is 0.485. The summed E-state index contributed by atoms with van der Waals surface area (Å²) in [6, 6.07) is 11.1. The van der Waals surface area contributed by atoms with Gasteiger partial charge < -0.3 is 9.80 Å². The number of carbonyl (C=O) groups excluding carboxylic acids is 1. The maximum atomic E-state index is 13.2. The van der Waals surface area contributed by atoms with Gasteiger partial charge in [-0.05, 0) is 49.2 Å². The Morgan fingerprint density at radius 2 is 1.61 bits per heavy atom. The monoisotopic (exact) mass is 476 g/mol. The zero-order valence-electron chi connectivity index (χ0n) is 18.0. The highest BCUT2D eigenvalue weighted by Crippen LogP contribution is 2.26. The van der Waals surface area contributed by atoms with E-state index in [9.17, 15) is 27.7 Å². The van der Waals surface area contributed by atoms with E-state index in [0.717, 1.165) is 17.8 Å². The SMILES string of the molecule is O=C(C1CCCN(S(=O)(=O)c2ccc(F)cc2)C1)N1CCN(c2ccc([N+](=O)[O-])cc2)CC1. The van der Waals surface area contributed by atoms with E-state index in [1.165, 1.54) is 28.6 Å². The second-order valence-corrected chi connectivity index (χ2v) is 10.2. The molecular weight excluding hydrogens is 451 g/mol. The Hall–Kier alpha value is -3.05. The van der Waals surface area contributed by atoms with Crippen LogP contribution in [0.3, 0.4) is 0 Å². The average Bonchev–Trinajstić information content (AvgIpc) is 2.84. The molecule has 2 saturated heterocycles. The summed E-state index contributed by atoms with van der Waals surface area (Å²) >= 11 is 0. The molecule has 2 aromatic carbocycles. The number of non-ortho nitro benzene ring substituents is 1. The van der Waals surface area contributed by atoms with E-state index in [4.69, 9.17) is 0 Å². The summed E-state index contributed by atoms with van der Waals surface area (Å²) in [5.74, 6) is -0.981. The summed E-state index contributed by atoms with van der Waals surface area (Å²) in [6.45, 7) is 2.62. The molecule has 0 spiro atoms. The van der Waals surface area contributed by atoms with Crippen LogP contribution in [0.25, 0.3) is 0 Å². The van der Waals surface area contributed by atoms with Crippen LogP contribution >= 0.6 is 0 Å². The lowest BCUT2D eigenvalue weighted by Crippen LogP contribution is -2.53.